The number of carbonyl (C=O) groups is 1. The first-order valence-corrected chi connectivity index (χ1v) is 12.8. The lowest BCUT2D eigenvalue weighted by Gasteiger charge is -2.34. The van der Waals surface area contributed by atoms with E-state index in [4.69, 9.17) is 0 Å². The van der Waals surface area contributed by atoms with Crippen LogP contribution in [0.3, 0.4) is 0 Å². The molecule has 0 spiro atoms. The van der Waals surface area contributed by atoms with Crippen LogP contribution in [0.4, 0.5) is 5.69 Å². The third-order valence-electron chi connectivity index (χ3n) is 4.67. The maximum Gasteiger partial charge on any atom is 0.243 e. The van der Waals surface area contributed by atoms with E-state index in [-0.39, 0.29) is 10.8 Å². The molecule has 1 N–H and O–H groups in total. The topological polar surface area (TPSA) is 66.5 Å². The number of thioether (sulfide) groups is 1. The predicted molar refractivity (Wildman–Crippen MR) is 117 cm³/mol. The molecule has 152 valence electrons. The van der Waals surface area contributed by atoms with Gasteiger partial charge in [-0.1, -0.05) is 19.9 Å². The van der Waals surface area contributed by atoms with Crippen LogP contribution in [0.2, 0.25) is 0 Å². The number of sulfonamides is 1. The fourth-order valence-corrected chi connectivity index (χ4v) is 6.85. The number of amides is 1. The van der Waals surface area contributed by atoms with Crippen LogP contribution in [-0.2, 0) is 20.6 Å². The number of rotatable bonds is 7. The summed E-state index contributed by atoms with van der Waals surface area (Å²) in [6.45, 7) is 5.31. The zero-order chi connectivity index (χ0) is 20.1. The number of thiophene rings is 1. The summed E-state index contributed by atoms with van der Waals surface area (Å²) in [5, 5.41) is 4.85. The van der Waals surface area contributed by atoms with Crippen molar-refractivity contribution in [3.05, 3.63) is 46.7 Å². The zero-order valence-corrected chi connectivity index (χ0v) is 18.6. The molecule has 5 nitrogen and oxygen atoms in total. The maximum atomic E-state index is 12.9. The van der Waals surface area contributed by atoms with Gasteiger partial charge >= 0.3 is 0 Å². The van der Waals surface area contributed by atoms with Gasteiger partial charge in [0.15, 0.2) is 0 Å². The number of benzene rings is 1. The van der Waals surface area contributed by atoms with Crippen LogP contribution in [0.25, 0.3) is 0 Å². The second kappa shape index (κ2) is 9.43. The highest BCUT2D eigenvalue weighted by Crippen LogP contribution is 2.27. The first kappa shape index (κ1) is 21.4. The van der Waals surface area contributed by atoms with Gasteiger partial charge < -0.3 is 5.32 Å². The average Bonchev–Trinajstić information content (AvgIpc) is 3.15. The minimum Gasteiger partial charge on any atom is -0.325 e. The Kier molecular flexibility index (Phi) is 7.20. The van der Waals surface area contributed by atoms with Crippen molar-refractivity contribution in [2.45, 2.75) is 30.9 Å². The first-order chi connectivity index (χ1) is 13.3. The predicted octanol–water partition coefficient (Wildman–Crippen LogP) is 4.29. The number of anilines is 1. The van der Waals surface area contributed by atoms with Gasteiger partial charge in [0.25, 0.3) is 0 Å². The molecule has 2 unspecified atom stereocenters. The van der Waals surface area contributed by atoms with E-state index in [0.29, 0.717) is 36.4 Å². The number of nitrogens with one attached hydrogen (secondary N) is 1. The van der Waals surface area contributed by atoms with Gasteiger partial charge in [0.1, 0.15) is 0 Å². The van der Waals surface area contributed by atoms with Crippen molar-refractivity contribution in [3.63, 3.8) is 0 Å². The number of hydrogen-bond donors (Lipinski definition) is 1. The highest BCUT2D eigenvalue weighted by Gasteiger charge is 2.31. The fraction of sp³-hybridized carbons (Fsp3) is 0.450. The number of piperidine rings is 1. The normalized spacial score (nSPS) is 20.8. The van der Waals surface area contributed by atoms with E-state index in [1.54, 1.807) is 51.7 Å². The smallest absolute Gasteiger partial charge is 0.243 e. The Bertz CT molecular complexity index is 870. The summed E-state index contributed by atoms with van der Waals surface area (Å²) in [4.78, 5) is 13.6. The SMILES string of the molecule is CC1CC(C)CN(S(=O)(=O)c2ccc(NC(=O)CSCc3cccs3)cc2)C1. The third-order valence-corrected chi connectivity index (χ3v) is 8.56. The molecule has 1 amide bonds. The molecule has 0 bridgehead atoms. The standard InChI is InChI=1S/C20H26N2O3S3/c1-15-10-16(2)12-22(11-15)28(24,25)19-7-5-17(6-8-19)21-20(23)14-26-13-18-4-3-9-27-18/h3-9,15-16H,10-14H2,1-2H3,(H,21,23). The molecule has 1 aromatic carbocycles. The van der Waals surface area contributed by atoms with Crippen molar-refractivity contribution in [1.82, 2.24) is 4.31 Å². The van der Waals surface area contributed by atoms with Gasteiger partial charge in [-0.2, -0.15) is 4.31 Å². The van der Waals surface area contributed by atoms with Crippen LogP contribution in [0.1, 0.15) is 25.1 Å². The summed E-state index contributed by atoms with van der Waals surface area (Å²) in [6.07, 6.45) is 1.06. The molecule has 1 aromatic heterocycles. The van der Waals surface area contributed by atoms with Crippen molar-refractivity contribution in [1.29, 1.82) is 0 Å². The Hall–Kier alpha value is -1.35. The molecule has 1 saturated heterocycles. The molecule has 2 atom stereocenters. The monoisotopic (exact) mass is 438 g/mol. The van der Waals surface area contributed by atoms with E-state index in [2.05, 4.69) is 25.2 Å². The highest BCUT2D eigenvalue weighted by atomic mass is 32.2. The van der Waals surface area contributed by atoms with Crippen LogP contribution in [0, 0.1) is 11.8 Å². The molecule has 8 heteroatoms. The summed E-state index contributed by atoms with van der Waals surface area (Å²) < 4.78 is 27.4. The summed E-state index contributed by atoms with van der Waals surface area (Å²) in [5.41, 5.74) is 0.612. The van der Waals surface area contributed by atoms with Crippen LogP contribution in [0.15, 0.2) is 46.7 Å². The van der Waals surface area contributed by atoms with Crippen LogP contribution >= 0.6 is 23.1 Å². The Morgan fingerprint density at radius 2 is 1.86 bits per heavy atom. The summed E-state index contributed by atoms with van der Waals surface area (Å²) in [5.74, 6) is 1.82. The van der Waals surface area contributed by atoms with E-state index < -0.39 is 10.0 Å². The van der Waals surface area contributed by atoms with Crippen molar-refractivity contribution >= 4 is 44.7 Å². The fourth-order valence-electron chi connectivity index (χ4n) is 3.50. The van der Waals surface area contributed by atoms with Crippen LogP contribution < -0.4 is 5.32 Å². The summed E-state index contributed by atoms with van der Waals surface area (Å²) in [6, 6.07) is 10.5. The van der Waals surface area contributed by atoms with Gasteiger partial charge in [0.05, 0.1) is 10.6 Å². The Morgan fingerprint density at radius 3 is 2.46 bits per heavy atom. The van der Waals surface area contributed by atoms with Gasteiger partial charge in [0, 0.05) is 29.4 Å². The highest BCUT2D eigenvalue weighted by molar-refractivity contribution is 7.99. The molecule has 28 heavy (non-hydrogen) atoms. The minimum atomic E-state index is -3.49. The lowest BCUT2D eigenvalue weighted by molar-refractivity contribution is -0.113. The first-order valence-electron chi connectivity index (χ1n) is 9.35. The number of nitrogens with zero attached hydrogens (tertiary/aromatic N) is 1. The van der Waals surface area contributed by atoms with E-state index in [0.717, 1.165) is 12.2 Å². The lowest BCUT2D eigenvalue weighted by atomic mass is 9.94. The van der Waals surface area contributed by atoms with Crippen molar-refractivity contribution < 1.29 is 13.2 Å². The average molecular weight is 439 g/mol. The maximum absolute atomic E-state index is 12.9. The molecular formula is C20H26N2O3S3. The molecule has 1 aliphatic rings. The largest absolute Gasteiger partial charge is 0.325 e. The van der Waals surface area contributed by atoms with E-state index in [1.807, 2.05) is 11.4 Å². The van der Waals surface area contributed by atoms with Gasteiger partial charge in [-0.15, -0.1) is 23.1 Å². The van der Waals surface area contributed by atoms with Gasteiger partial charge in [-0.05, 0) is 54.0 Å². The molecule has 1 fully saturated rings. The molecular weight excluding hydrogens is 412 g/mol. The Labute approximate surface area is 175 Å². The lowest BCUT2D eigenvalue weighted by Crippen LogP contribution is -2.42. The molecule has 0 saturated carbocycles. The van der Waals surface area contributed by atoms with Gasteiger partial charge in [0.2, 0.25) is 15.9 Å². The molecule has 0 radical (unpaired) electrons. The van der Waals surface area contributed by atoms with Gasteiger partial charge in [-0.3, -0.25) is 4.79 Å². The van der Waals surface area contributed by atoms with E-state index >= 15 is 0 Å². The molecule has 0 aliphatic carbocycles. The van der Waals surface area contributed by atoms with Crippen molar-refractivity contribution in [2.75, 3.05) is 24.2 Å². The minimum absolute atomic E-state index is 0.0872. The summed E-state index contributed by atoms with van der Waals surface area (Å²) >= 11 is 3.24. The van der Waals surface area contributed by atoms with Crippen LogP contribution in [0.5, 0.6) is 0 Å². The number of hydrogen-bond acceptors (Lipinski definition) is 5. The third kappa shape index (κ3) is 5.59. The quantitative estimate of drug-likeness (QED) is 0.700. The summed E-state index contributed by atoms with van der Waals surface area (Å²) in [7, 11) is -3.49. The molecule has 2 heterocycles. The molecule has 3 rings (SSSR count). The second-order valence-corrected chi connectivity index (χ2v) is 11.4. The Morgan fingerprint density at radius 1 is 1.18 bits per heavy atom. The zero-order valence-electron chi connectivity index (χ0n) is 16.1. The van der Waals surface area contributed by atoms with E-state index in [1.165, 1.54) is 4.88 Å². The van der Waals surface area contributed by atoms with Crippen LogP contribution in [-0.4, -0.2) is 37.5 Å². The number of carbonyl (C=O) groups excluding carboxylic acids is 1. The van der Waals surface area contributed by atoms with Crippen molar-refractivity contribution in [2.24, 2.45) is 11.8 Å². The van der Waals surface area contributed by atoms with E-state index in [9.17, 15) is 13.2 Å². The van der Waals surface area contributed by atoms with Crippen molar-refractivity contribution in [3.8, 4) is 0 Å². The van der Waals surface area contributed by atoms with Gasteiger partial charge in [-0.25, -0.2) is 8.42 Å². The molecule has 2 aromatic rings. The second-order valence-electron chi connectivity index (χ2n) is 7.41. The Balaban J connectivity index is 1.55. The molecule has 1 aliphatic heterocycles.